The van der Waals surface area contributed by atoms with E-state index in [4.69, 9.17) is 16.3 Å². The van der Waals surface area contributed by atoms with Gasteiger partial charge in [-0.15, -0.1) is 0 Å². The number of ether oxygens (including phenoxy) is 1. The summed E-state index contributed by atoms with van der Waals surface area (Å²) >= 11 is 5.88. The Morgan fingerprint density at radius 2 is 1.88 bits per heavy atom. The predicted octanol–water partition coefficient (Wildman–Crippen LogP) is 3.78. The van der Waals surface area contributed by atoms with Gasteiger partial charge in [0.15, 0.2) is 12.4 Å². The summed E-state index contributed by atoms with van der Waals surface area (Å²) in [6, 6.07) is 8.95. The Bertz CT molecular complexity index is 878. The smallest absolute Gasteiger partial charge is 0.340 e. The van der Waals surface area contributed by atoms with Gasteiger partial charge in [0, 0.05) is 17.7 Å². The fraction of sp³-hybridized carbons (Fsp3) is 0.222. The van der Waals surface area contributed by atoms with Gasteiger partial charge in [0.2, 0.25) is 0 Å². The number of nitrogens with zero attached hydrogens (tertiary/aromatic N) is 1. The quantitative estimate of drug-likeness (QED) is 0.351. The van der Waals surface area contributed by atoms with E-state index in [1.165, 1.54) is 17.7 Å². The zero-order chi connectivity index (χ0) is 18.0. The second-order valence-corrected chi connectivity index (χ2v) is 6.16. The maximum atomic E-state index is 12.2. The van der Waals surface area contributed by atoms with Gasteiger partial charge < -0.3 is 4.74 Å². The van der Waals surface area contributed by atoms with Crippen LogP contribution in [0.25, 0.3) is 0 Å². The molecule has 0 N–H and O–H groups in total. The lowest BCUT2D eigenvalue weighted by Crippen LogP contribution is -2.15. The standard InChI is InChI=1S/C18H14ClNO5/c19-16-7-6-14(20(23)24)9-15(16)18(22)25-10-17(21)13-5-4-11-2-1-3-12(11)8-13/h4-9H,1-3,10H2. The molecule has 0 unspecified atom stereocenters. The summed E-state index contributed by atoms with van der Waals surface area (Å²) in [5, 5.41) is 10.8. The van der Waals surface area contributed by atoms with Crippen LogP contribution in [-0.4, -0.2) is 23.3 Å². The Kier molecular flexibility index (Phi) is 4.81. The minimum atomic E-state index is -0.872. The highest BCUT2D eigenvalue weighted by molar-refractivity contribution is 6.33. The monoisotopic (exact) mass is 359 g/mol. The molecule has 0 amide bonds. The van der Waals surface area contributed by atoms with Gasteiger partial charge in [-0.2, -0.15) is 0 Å². The minimum Gasteiger partial charge on any atom is -0.454 e. The molecule has 0 aromatic heterocycles. The van der Waals surface area contributed by atoms with E-state index in [-0.39, 0.29) is 22.1 Å². The van der Waals surface area contributed by atoms with Crippen LogP contribution >= 0.6 is 11.6 Å². The molecule has 2 aromatic rings. The van der Waals surface area contributed by atoms with Crippen LogP contribution in [0.1, 0.15) is 38.3 Å². The number of non-ortho nitro benzene ring substituents is 1. The van der Waals surface area contributed by atoms with Crippen LogP contribution in [0.3, 0.4) is 0 Å². The predicted molar refractivity (Wildman–Crippen MR) is 91.2 cm³/mol. The number of nitro benzene ring substituents is 1. The lowest BCUT2D eigenvalue weighted by molar-refractivity contribution is -0.384. The molecule has 1 aliphatic rings. The second kappa shape index (κ2) is 7.03. The molecule has 0 saturated carbocycles. The third kappa shape index (κ3) is 3.69. The van der Waals surface area contributed by atoms with Crippen LogP contribution < -0.4 is 0 Å². The highest BCUT2D eigenvalue weighted by atomic mass is 35.5. The molecule has 3 rings (SSSR count). The van der Waals surface area contributed by atoms with E-state index >= 15 is 0 Å². The molecule has 0 saturated heterocycles. The summed E-state index contributed by atoms with van der Waals surface area (Å²) in [6.45, 7) is -0.448. The third-order valence-corrected chi connectivity index (χ3v) is 4.47. The maximum Gasteiger partial charge on any atom is 0.340 e. The molecule has 25 heavy (non-hydrogen) atoms. The lowest BCUT2D eigenvalue weighted by Gasteiger charge is -2.07. The Balaban J connectivity index is 1.69. The summed E-state index contributed by atoms with van der Waals surface area (Å²) in [4.78, 5) is 34.5. The molecule has 0 spiro atoms. The van der Waals surface area contributed by atoms with Gasteiger partial charge in [-0.1, -0.05) is 23.7 Å². The van der Waals surface area contributed by atoms with Crippen molar-refractivity contribution >= 4 is 29.0 Å². The number of carbonyl (C=O) groups is 2. The molecular formula is C18H14ClNO5. The second-order valence-electron chi connectivity index (χ2n) is 5.76. The Morgan fingerprint density at radius 1 is 1.12 bits per heavy atom. The zero-order valence-corrected chi connectivity index (χ0v) is 13.9. The number of rotatable bonds is 5. The molecule has 0 radical (unpaired) electrons. The first-order valence-corrected chi connectivity index (χ1v) is 8.09. The van der Waals surface area contributed by atoms with Crippen molar-refractivity contribution in [3.05, 3.63) is 73.8 Å². The molecule has 7 heteroatoms. The van der Waals surface area contributed by atoms with E-state index in [9.17, 15) is 19.7 Å². The number of benzene rings is 2. The summed E-state index contributed by atoms with van der Waals surface area (Å²) in [5.41, 5.74) is 2.47. The summed E-state index contributed by atoms with van der Waals surface area (Å²) in [7, 11) is 0. The van der Waals surface area contributed by atoms with Crippen LogP contribution in [0, 0.1) is 10.1 Å². The average Bonchev–Trinajstić information content (AvgIpc) is 3.07. The highest BCUT2D eigenvalue weighted by Gasteiger charge is 2.19. The van der Waals surface area contributed by atoms with Crippen molar-refractivity contribution < 1.29 is 19.2 Å². The minimum absolute atomic E-state index is 0.0283. The van der Waals surface area contributed by atoms with E-state index in [0.717, 1.165) is 30.9 Å². The molecule has 1 aliphatic carbocycles. The van der Waals surface area contributed by atoms with E-state index in [1.54, 1.807) is 6.07 Å². The summed E-state index contributed by atoms with van der Waals surface area (Å²) in [5.74, 6) is -1.20. The number of hydrogen-bond acceptors (Lipinski definition) is 5. The van der Waals surface area contributed by atoms with Crippen molar-refractivity contribution in [3.63, 3.8) is 0 Å². The highest BCUT2D eigenvalue weighted by Crippen LogP contribution is 2.24. The van der Waals surface area contributed by atoms with Gasteiger partial charge in [-0.25, -0.2) is 4.79 Å². The number of fused-ring (bicyclic) bond motifs is 1. The van der Waals surface area contributed by atoms with E-state index in [0.29, 0.717) is 5.56 Å². The van der Waals surface area contributed by atoms with Crippen molar-refractivity contribution in [1.29, 1.82) is 0 Å². The fourth-order valence-corrected chi connectivity index (χ4v) is 3.02. The molecule has 128 valence electrons. The van der Waals surface area contributed by atoms with Gasteiger partial charge in [0.25, 0.3) is 5.69 Å². The molecule has 6 nitrogen and oxygen atoms in total. The third-order valence-electron chi connectivity index (χ3n) is 4.14. The molecule has 0 bridgehead atoms. The zero-order valence-electron chi connectivity index (χ0n) is 13.2. The van der Waals surface area contributed by atoms with Gasteiger partial charge in [-0.3, -0.25) is 14.9 Å². The number of Topliss-reactive ketones (excluding diaryl/α,β-unsaturated/α-hetero) is 1. The van der Waals surface area contributed by atoms with Crippen LogP contribution in [0.15, 0.2) is 36.4 Å². The van der Waals surface area contributed by atoms with Crippen LogP contribution in [0.2, 0.25) is 5.02 Å². The van der Waals surface area contributed by atoms with Crippen molar-refractivity contribution in [2.45, 2.75) is 19.3 Å². The van der Waals surface area contributed by atoms with Crippen LogP contribution in [-0.2, 0) is 17.6 Å². The number of esters is 1. The van der Waals surface area contributed by atoms with Crippen molar-refractivity contribution in [3.8, 4) is 0 Å². The Labute approximate surface area is 148 Å². The van der Waals surface area contributed by atoms with Gasteiger partial charge >= 0.3 is 5.97 Å². The van der Waals surface area contributed by atoms with Crippen LogP contribution in [0.4, 0.5) is 5.69 Å². The Morgan fingerprint density at radius 3 is 2.64 bits per heavy atom. The average molecular weight is 360 g/mol. The maximum absolute atomic E-state index is 12.2. The number of hydrogen-bond donors (Lipinski definition) is 0. The molecule has 0 aliphatic heterocycles. The SMILES string of the molecule is O=C(COC(=O)c1cc([N+](=O)[O-])ccc1Cl)c1ccc2c(c1)CCC2. The van der Waals surface area contributed by atoms with Gasteiger partial charge in [-0.05, 0) is 42.5 Å². The molecule has 0 fully saturated rings. The van der Waals surface area contributed by atoms with E-state index < -0.39 is 17.5 Å². The molecule has 2 aromatic carbocycles. The van der Waals surface area contributed by atoms with Gasteiger partial charge in [0.1, 0.15) is 0 Å². The van der Waals surface area contributed by atoms with E-state index in [2.05, 4.69) is 0 Å². The first-order chi connectivity index (χ1) is 12.0. The summed E-state index contributed by atoms with van der Waals surface area (Å²) < 4.78 is 4.98. The lowest BCUT2D eigenvalue weighted by atomic mass is 10.0. The van der Waals surface area contributed by atoms with Crippen molar-refractivity contribution in [1.82, 2.24) is 0 Å². The number of carbonyl (C=O) groups excluding carboxylic acids is 2. The first kappa shape index (κ1) is 17.1. The van der Waals surface area contributed by atoms with E-state index in [1.807, 2.05) is 12.1 Å². The van der Waals surface area contributed by atoms with Crippen molar-refractivity contribution in [2.24, 2.45) is 0 Å². The van der Waals surface area contributed by atoms with Crippen LogP contribution in [0.5, 0.6) is 0 Å². The first-order valence-electron chi connectivity index (χ1n) is 7.72. The number of nitro groups is 1. The number of halogens is 1. The summed E-state index contributed by atoms with van der Waals surface area (Å²) in [6.07, 6.45) is 3.04. The largest absolute Gasteiger partial charge is 0.454 e. The molecule has 0 heterocycles. The number of aryl methyl sites for hydroxylation is 2. The number of ketones is 1. The fourth-order valence-electron chi connectivity index (χ4n) is 2.82. The Hall–Kier alpha value is -2.73. The molecular weight excluding hydrogens is 346 g/mol. The van der Waals surface area contributed by atoms with Gasteiger partial charge in [0.05, 0.1) is 15.5 Å². The topological polar surface area (TPSA) is 86.5 Å². The normalized spacial score (nSPS) is 12.5. The molecule has 0 atom stereocenters. The van der Waals surface area contributed by atoms with Crippen molar-refractivity contribution in [2.75, 3.05) is 6.61 Å².